The molecule has 0 radical (unpaired) electrons. The lowest BCUT2D eigenvalue weighted by Gasteiger charge is -2.28. The summed E-state index contributed by atoms with van der Waals surface area (Å²) in [6.07, 6.45) is 3.54. The van der Waals surface area contributed by atoms with Gasteiger partial charge in [-0.25, -0.2) is 0 Å². The Kier molecular flexibility index (Phi) is 6.60. The molecule has 1 aromatic carbocycles. The van der Waals surface area contributed by atoms with Crippen LogP contribution in [-0.4, -0.2) is 61.0 Å². The van der Waals surface area contributed by atoms with Gasteiger partial charge in [0.1, 0.15) is 17.5 Å². The third kappa shape index (κ3) is 4.32. The second-order valence-corrected chi connectivity index (χ2v) is 7.32. The van der Waals surface area contributed by atoms with Gasteiger partial charge in [-0.2, -0.15) is 0 Å². The van der Waals surface area contributed by atoms with Crippen LogP contribution >= 0.6 is 0 Å². The molecule has 2 aliphatic rings. The molecule has 152 valence electrons. The van der Waals surface area contributed by atoms with E-state index in [9.17, 15) is 9.59 Å². The van der Waals surface area contributed by atoms with E-state index in [0.29, 0.717) is 31.1 Å². The number of benzene rings is 1. The molecule has 6 heteroatoms. The monoisotopic (exact) mass is 386 g/mol. The fourth-order valence-corrected chi connectivity index (χ4v) is 4.07. The highest BCUT2D eigenvalue weighted by Gasteiger charge is 2.38. The summed E-state index contributed by atoms with van der Waals surface area (Å²) in [6.45, 7) is 6.23. The van der Waals surface area contributed by atoms with Crippen molar-refractivity contribution in [3.05, 3.63) is 35.4 Å². The quantitative estimate of drug-likeness (QED) is 0.676. The lowest BCUT2D eigenvalue weighted by molar-refractivity contribution is -0.144. The van der Waals surface area contributed by atoms with Crippen molar-refractivity contribution < 1.29 is 19.1 Å². The first kappa shape index (κ1) is 20.2. The topological polar surface area (TPSA) is 59.1 Å². The van der Waals surface area contributed by atoms with E-state index >= 15 is 0 Å². The van der Waals surface area contributed by atoms with E-state index in [1.54, 1.807) is 24.1 Å². The van der Waals surface area contributed by atoms with Crippen LogP contribution in [0.25, 0.3) is 0 Å². The highest BCUT2D eigenvalue weighted by atomic mass is 16.5. The van der Waals surface area contributed by atoms with Crippen LogP contribution < -0.4 is 9.47 Å². The number of methoxy groups -OCH3 is 1. The number of hydrogen-bond donors (Lipinski definition) is 0. The third-order valence-corrected chi connectivity index (χ3v) is 5.69. The van der Waals surface area contributed by atoms with Crippen molar-refractivity contribution in [3.63, 3.8) is 0 Å². The summed E-state index contributed by atoms with van der Waals surface area (Å²) in [5.41, 5.74) is 2.74. The fourth-order valence-electron chi connectivity index (χ4n) is 4.07. The summed E-state index contributed by atoms with van der Waals surface area (Å²) >= 11 is 0. The number of ether oxygens (including phenoxy) is 2. The lowest BCUT2D eigenvalue weighted by atomic mass is 10.1. The normalized spacial score (nSPS) is 19.3. The second-order valence-electron chi connectivity index (χ2n) is 7.32. The Labute approximate surface area is 167 Å². The average molecular weight is 386 g/mol. The zero-order chi connectivity index (χ0) is 20.1. The van der Waals surface area contributed by atoms with Crippen LogP contribution in [-0.2, 0) is 9.59 Å². The molecule has 3 rings (SSSR count). The molecule has 1 aromatic rings. The molecule has 1 fully saturated rings. The molecule has 0 aliphatic carbocycles. The highest BCUT2D eigenvalue weighted by Crippen LogP contribution is 2.27. The van der Waals surface area contributed by atoms with Gasteiger partial charge in [0.2, 0.25) is 5.91 Å². The summed E-state index contributed by atoms with van der Waals surface area (Å²) in [5.74, 6) is 1.19. The van der Waals surface area contributed by atoms with Crippen molar-refractivity contribution in [2.45, 2.75) is 45.6 Å². The van der Waals surface area contributed by atoms with Crippen LogP contribution in [0.15, 0.2) is 35.4 Å². The van der Waals surface area contributed by atoms with Crippen molar-refractivity contribution >= 4 is 11.8 Å². The molecular formula is C22H30N2O4. The summed E-state index contributed by atoms with van der Waals surface area (Å²) in [4.78, 5) is 29.4. The van der Waals surface area contributed by atoms with Gasteiger partial charge < -0.3 is 19.3 Å². The predicted octanol–water partition coefficient (Wildman–Crippen LogP) is 3.02. The Morgan fingerprint density at radius 2 is 1.79 bits per heavy atom. The van der Waals surface area contributed by atoms with Gasteiger partial charge >= 0.3 is 0 Å². The van der Waals surface area contributed by atoms with Gasteiger partial charge in [-0.15, -0.1) is 0 Å². The number of hydrogen-bond acceptors (Lipinski definition) is 4. The molecule has 2 aliphatic heterocycles. The maximum absolute atomic E-state index is 13.1. The van der Waals surface area contributed by atoms with Crippen molar-refractivity contribution in [3.8, 4) is 11.5 Å². The zero-order valence-electron chi connectivity index (χ0n) is 17.1. The third-order valence-electron chi connectivity index (χ3n) is 5.69. The first-order valence-electron chi connectivity index (χ1n) is 10.1. The Morgan fingerprint density at radius 3 is 2.43 bits per heavy atom. The van der Waals surface area contributed by atoms with Crippen LogP contribution in [0.1, 0.15) is 39.5 Å². The number of amides is 2. The first-order valence-corrected chi connectivity index (χ1v) is 10.1. The van der Waals surface area contributed by atoms with Gasteiger partial charge in [0.25, 0.3) is 5.91 Å². The van der Waals surface area contributed by atoms with E-state index in [-0.39, 0.29) is 24.5 Å². The van der Waals surface area contributed by atoms with Gasteiger partial charge in [-0.1, -0.05) is 31.1 Å². The number of carbonyl (C=O) groups is 2. The molecule has 0 N–H and O–H groups in total. The van der Waals surface area contributed by atoms with Crippen molar-refractivity contribution in [2.24, 2.45) is 0 Å². The Morgan fingerprint density at radius 1 is 1.11 bits per heavy atom. The zero-order valence-corrected chi connectivity index (χ0v) is 17.1. The molecule has 0 bridgehead atoms. The predicted molar refractivity (Wildman–Crippen MR) is 107 cm³/mol. The van der Waals surface area contributed by atoms with Crippen LogP contribution in [0.5, 0.6) is 11.5 Å². The van der Waals surface area contributed by atoms with E-state index in [1.807, 2.05) is 17.0 Å². The first-order chi connectivity index (χ1) is 13.6. The van der Waals surface area contributed by atoms with Gasteiger partial charge in [-0.3, -0.25) is 9.59 Å². The van der Waals surface area contributed by atoms with E-state index in [2.05, 4.69) is 13.8 Å². The van der Waals surface area contributed by atoms with Crippen molar-refractivity contribution in [2.75, 3.05) is 33.4 Å². The van der Waals surface area contributed by atoms with Gasteiger partial charge in [-0.05, 0) is 37.8 Å². The highest BCUT2D eigenvalue weighted by molar-refractivity contribution is 5.89. The molecule has 1 atom stereocenters. The summed E-state index contributed by atoms with van der Waals surface area (Å²) in [5, 5.41) is 0. The summed E-state index contributed by atoms with van der Waals surface area (Å²) < 4.78 is 10.8. The number of rotatable bonds is 7. The Balaban J connectivity index is 1.59. The van der Waals surface area contributed by atoms with Crippen molar-refractivity contribution in [1.29, 1.82) is 0 Å². The Hall–Kier alpha value is -2.50. The van der Waals surface area contributed by atoms with Crippen LogP contribution in [0, 0.1) is 0 Å². The minimum atomic E-state index is -0.365. The maximum atomic E-state index is 13.1. The fraction of sp³-hybridized carbons (Fsp3) is 0.545. The van der Waals surface area contributed by atoms with Crippen LogP contribution in [0.3, 0.4) is 0 Å². The Bertz CT molecular complexity index is 743. The molecule has 2 amide bonds. The van der Waals surface area contributed by atoms with Crippen molar-refractivity contribution in [1.82, 2.24) is 9.80 Å². The molecule has 6 nitrogen and oxygen atoms in total. The van der Waals surface area contributed by atoms with E-state index in [1.165, 1.54) is 11.1 Å². The van der Waals surface area contributed by atoms with E-state index in [0.717, 1.165) is 25.7 Å². The second kappa shape index (κ2) is 9.13. The molecule has 0 spiro atoms. The minimum absolute atomic E-state index is 0.0710. The van der Waals surface area contributed by atoms with Crippen LogP contribution in [0.2, 0.25) is 0 Å². The number of nitrogens with zero attached hydrogens (tertiary/aromatic N) is 2. The maximum Gasteiger partial charge on any atom is 0.261 e. The van der Waals surface area contributed by atoms with E-state index in [4.69, 9.17) is 9.47 Å². The molecular weight excluding hydrogens is 356 g/mol. The smallest absolute Gasteiger partial charge is 0.261 e. The molecule has 0 saturated carbocycles. The molecule has 2 heterocycles. The summed E-state index contributed by atoms with van der Waals surface area (Å²) in [6, 6.07) is 6.81. The average Bonchev–Trinajstić information content (AvgIpc) is 3.38. The SMILES string of the molecule is CCC1=C(CC)CN(C(=O)[C@@H]2CCCN2C(=O)COc2cccc(OC)c2)C1. The van der Waals surface area contributed by atoms with Gasteiger partial charge in [0, 0.05) is 25.7 Å². The lowest BCUT2D eigenvalue weighted by Crippen LogP contribution is -2.48. The molecule has 28 heavy (non-hydrogen) atoms. The summed E-state index contributed by atoms with van der Waals surface area (Å²) in [7, 11) is 1.59. The standard InChI is InChI=1S/C22H30N2O4/c1-4-16-13-23(14-17(16)5-2)22(26)20-10-7-11-24(20)21(25)15-28-19-9-6-8-18(12-19)27-3/h6,8-9,12,20H,4-5,7,10-11,13-15H2,1-3H3/t20-/m0/s1. The molecule has 1 saturated heterocycles. The molecule has 0 unspecified atom stereocenters. The van der Waals surface area contributed by atoms with E-state index < -0.39 is 0 Å². The largest absolute Gasteiger partial charge is 0.497 e. The number of likely N-dealkylation sites (tertiary alicyclic amines) is 1. The molecule has 0 aromatic heterocycles. The van der Waals surface area contributed by atoms with Gasteiger partial charge in [0.15, 0.2) is 6.61 Å². The van der Waals surface area contributed by atoms with Crippen LogP contribution in [0.4, 0.5) is 0 Å². The minimum Gasteiger partial charge on any atom is -0.497 e. The van der Waals surface area contributed by atoms with Gasteiger partial charge in [0.05, 0.1) is 7.11 Å². The number of carbonyl (C=O) groups excluding carboxylic acids is 2.